The monoisotopic (exact) mass is 305 g/mol. The molecule has 18 heavy (non-hydrogen) atoms. The fraction of sp³-hybridized carbons (Fsp3) is 0.286. The number of aryl methyl sites for hydroxylation is 1. The average molecular weight is 306 g/mol. The molecule has 0 spiro atoms. The van der Waals surface area contributed by atoms with Gasteiger partial charge in [0.05, 0.1) is 5.69 Å². The van der Waals surface area contributed by atoms with Gasteiger partial charge in [-0.1, -0.05) is 28.1 Å². The molecule has 1 N–H and O–H groups in total. The Morgan fingerprint density at radius 2 is 1.94 bits per heavy atom. The lowest BCUT2D eigenvalue weighted by molar-refractivity contribution is 0.566. The molecular formula is C14H16BrN3. The molecule has 0 saturated heterocycles. The van der Waals surface area contributed by atoms with Crippen molar-refractivity contribution in [1.29, 1.82) is 0 Å². The van der Waals surface area contributed by atoms with Gasteiger partial charge in [-0.05, 0) is 37.6 Å². The molecule has 0 aliphatic rings. The van der Waals surface area contributed by atoms with Gasteiger partial charge in [0.1, 0.15) is 5.82 Å². The minimum absolute atomic E-state index is 0.299. The van der Waals surface area contributed by atoms with Crippen LogP contribution >= 0.6 is 15.9 Å². The van der Waals surface area contributed by atoms with Crippen LogP contribution < -0.4 is 5.32 Å². The summed E-state index contributed by atoms with van der Waals surface area (Å²) in [5, 5.41) is 3.46. The number of hydrogen-bond acceptors (Lipinski definition) is 3. The molecular weight excluding hydrogens is 290 g/mol. The van der Waals surface area contributed by atoms with E-state index >= 15 is 0 Å². The Balaban J connectivity index is 1.96. The zero-order valence-electron chi connectivity index (χ0n) is 10.5. The number of nitrogens with zero attached hydrogens (tertiary/aromatic N) is 2. The van der Waals surface area contributed by atoms with Gasteiger partial charge in [0, 0.05) is 23.3 Å². The molecule has 1 atom stereocenters. The van der Waals surface area contributed by atoms with Crippen LogP contribution in [0.2, 0.25) is 0 Å². The predicted octanol–water partition coefficient (Wildman–Crippen LogP) is 3.40. The van der Waals surface area contributed by atoms with Gasteiger partial charge in [-0.15, -0.1) is 0 Å². The number of halogens is 1. The summed E-state index contributed by atoms with van der Waals surface area (Å²) in [7, 11) is 0. The molecule has 1 aromatic carbocycles. The molecule has 0 aliphatic carbocycles. The fourth-order valence-electron chi connectivity index (χ4n) is 1.73. The van der Waals surface area contributed by atoms with Crippen LogP contribution in [0.25, 0.3) is 0 Å². The first-order valence-electron chi connectivity index (χ1n) is 5.92. The summed E-state index contributed by atoms with van der Waals surface area (Å²) in [6.45, 7) is 4.81. The highest BCUT2D eigenvalue weighted by Gasteiger charge is 2.05. The number of rotatable bonds is 4. The predicted molar refractivity (Wildman–Crippen MR) is 76.2 cm³/mol. The largest absolute Gasteiger partial charge is 0.305 e. The van der Waals surface area contributed by atoms with Gasteiger partial charge >= 0.3 is 0 Å². The van der Waals surface area contributed by atoms with Gasteiger partial charge in [0.15, 0.2) is 0 Å². The van der Waals surface area contributed by atoms with Crippen LogP contribution in [0.1, 0.15) is 30.0 Å². The van der Waals surface area contributed by atoms with E-state index in [2.05, 4.69) is 62.4 Å². The van der Waals surface area contributed by atoms with Crippen LogP contribution in [0.5, 0.6) is 0 Å². The summed E-state index contributed by atoms with van der Waals surface area (Å²) < 4.78 is 1.10. The molecule has 1 heterocycles. The first kappa shape index (κ1) is 13.2. The van der Waals surface area contributed by atoms with Crippen molar-refractivity contribution in [1.82, 2.24) is 15.3 Å². The van der Waals surface area contributed by atoms with Gasteiger partial charge in [0.2, 0.25) is 0 Å². The maximum Gasteiger partial charge on any atom is 0.125 e. The van der Waals surface area contributed by atoms with Gasteiger partial charge < -0.3 is 5.32 Å². The van der Waals surface area contributed by atoms with Gasteiger partial charge in [-0.25, -0.2) is 9.97 Å². The van der Waals surface area contributed by atoms with Crippen molar-refractivity contribution >= 4 is 15.9 Å². The van der Waals surface area contributed by atoms with Gasteiger partial charge in [-0.3, -0.25) is 0 Å². The SMILES string of the molecule is Cc1nccc(CN[C@H](C)c2ccc(Br)cc2)n1. The third kappa shape index (κ3) is 3.62. The molecule has 1 aromatic heterocycles. The first-order valence-corrected chi connectivity index (χ1v) is 6.72. The first-order chi connectivity index (χ1) is 8.65. The van der Waals surface area contributed by atoms with Crippen molar-refractivity contribution in [2.75, 3.05) is 0 Å². The summed E-state index contributed by atoms with van der Waals surface area (Å²) in [4.78, 5) is 8.46. The Hall–Kier alpha value is -1.26. The van der Waals surface area contributed by atoms with E-state index in [1.165, 1.54) is 5.56 Å². The molecule has 0 fully saturated rings. The Kier molecular flexibility index (Phi) is 4.44. The van der Waals surface area contributed by atoms with Crippen molar-refractivity contribution in [3.8, 4) is 0 Å². The van der Waals surface area contributed by atoms with Crippen LogP contribution in [0.15, 0.2) is 41.0 Å². The minimum atomic E-state index is 0.299. The summed E-state index contributed by atoms with van der Waals surface area (Å²) in [6, 6.07) is 10.6. The van der Waals surface area contributed by atoms with E-state index in [1.807, 2.05) is 13.0 Å². The van der Waals surface area contributed by atoms with Crippen LogP contribution in [-0.4, -0.2) is 9.97 Å². The quantitative estimate of drug-likeness (QED) is 0.941. The van der Waals surface area contributed by atoms with Crippen LogP contribution in [0.4, 0.5) is 0 Å². The topological polar surface area (TPSA) is 37.8 Å². The van der Waals surface area contributed by atoms with E-state index in [0.29, 0.717) is 6.04 Å². The molecule has 0 amide bonds. The second-order valence-electron chi connectivity index (χ2n) is 4.25. The van der Waals surface area contributed by atoms with E-state index in [-0.39, 0.29) is 0 Å². The molecule has 94 valence electrons. The molecule has 0 aliphatic heterocycles. The summed E-state index contributed by atoms with van der Waals surface area (Å²) in [6.07, 6.45) is 1.80. The van der Waals surface area contributed by atoms with Gasteiger partial charge in [0.25, 0.3) is 0 Å². The van der Waals surface area contributed by atoms with E-state index in [9.17, 15) is 0 Å². The number of aromatic nitrogens is 2. The molecule has 0 bridgehead atoms. The molecule has 0 radical (unpaired) electrons. The Bertz CT molecular complexity index is 511. The van der Waals surface area contributed by atoms with Crippen molar-refractivity contribution in [2.45, 2.75) is 26.4 Å². The second kappa shape index (κ2) is 6.07. The van der Waals surface area contributed by atoms with Crippen molar-refractivity contribution in [2.24, 2.45) is 0 Å². The standard InChI is InChI=1S/C14H16BrN3/c1-10(12-3-5-13(15)6-4-12)17-9-14-7-8-16-11(2)18-14/h3-8,10,17H,9H2,1-2H3/t10-/m1/s1. The fourth-order valence-corrected chi connectivity index (χ4v) is 1.99. The number of benzene rings is 1. The van der Waals surface area contributed by atoms with E-state index in [0.717, 1.165) is 22.5 Å². The smallest absolute Gasteiger partial charge is 0.125 e. The van der Waals surface area contributed by atoms with Crippen molar-refractivity contribution in [3.63, 3.8) is 0 Å². The van der Waals surface area contributed by atoms with Crippen LogP contribution in [0.3, 0.4) is 0 Å². The van der Waals surface area contributed by atoms with Crippen molar-refractivity contribution in [3.05, 3.63) is 58.1 Å². The lowest BCUT2D eigenvalue weighted by Crippen LogP contribution is -2.19. The molecule has 3 nitrogen and oxygen atoms in total. The van der Waals surface area contributed by atoms with E-state index < -0.39 is 0 Å². The Morgan fingerprint density at radius 3 is 2.61 bits per heavy atom. The normalized spacial score (nSPS) is 12.4. The number of hydrogen-bond donors (Lipinski definition) is 1. The zero-order chi connectivity index (χ0) is 13.0. The zero-order valence-corrected chi connectivity index (χ0v) is 12.1. The van der Waals surface area contributed by atoms with Crippen molar-refractivity contribution < 1.29 is 0 Å². The van der Waals surface area contributed by atoms with Crippen LogP contribution in [0, 0.1) is 6.92 Å². The number of nitrogens with one attached hydrogen (secondary N) is 1. The Morgan fingerprint density at radius 1 is 1.22 bits per heavy atom. The molecule has 4 heteroatoms. The average Bonchev–Trinajstić information content (AvgIpc) is 2.37. The minimum Gasteiger partial charge on any atom is -0.305 e. The van der Waals surface area contributed by atoms with Gasteiger partial charge in [-0.2, -0.15) is 0 Å². The highest BCUT2D eigenvalue weighted by Crippen LogP contribution is 2.16. The molecule has 0 unspecified atom stereocenters. The lowest BCUT2D eigenvalue weighted by atomic mass is 10.1. The molecule has 0 saturated carbocycles. The molecule has 2 rings (SSSR count). The van der Waals surface area contributed by atoms with E-state index in [4.69, 9.17) is 0 Å². The highest BCUT2D eigenvalue weighted by atomic mass is 79.9. The highest BCUT2D eigenvalue weighted by molar-refractivity contribution is 9.10. The maximum absolute atomic E-state index is 4.37. The van der Waals surface area contributed by atoms with Crippen LogP contribution in [-0.2, 0) is 6.54 Å². The third-order valence-corrected chi connectivity index (χ3v) is 3.32. The summed E-state index contributed by atoms with van der Waals surface area (Å²) in [5.74, 6) is 0.811. The summed E-state index contributed by atoms with van der Waals surface area (Å²) in [5.41, 5.74) is 2.29. The second-order valence-corrected chi connectivity index (χ2v) is 5.17. The summed E-state index contributed by atoms with van der Waals surface area (Å²) >= 11 is 3.44. The Labute approximate surface area is 116 Å². The van der Waals surface area contributed by atoms with E-state index in [1.54, 1.807) is 6.20 Å². The lowest BCUT2D eigenvalue weighted by Gasteiger charge is -2.14. The maximum atomic E-state index is 4.37. The molecule has 2 aromatic rings. The third-order valence-electron chi connectivity index (χ3n) is 2.79.